The normalized spacial score (nSPS) is 30.2. The van der Waals surface area contributed by atoms with Gasteiger partial charge in [0.05, 0.1) is 40.5 Å². The summed E-state index contributed by atoms with van der Waals surface area (Å²) in [6.45, 7) is 1.63. The van der Waals surface area contributed by atoms with Crippen LogP contribution in [0.3, 0.4) is 0 Å². The smallest absolute Gasteiger partial charge is 0.328 e. The molecule has 0 spiro atoms. The van der Waals surface area contributed by atoms with Gasteiger partial charge in [-0.25, -0.2) is 14.1 Å². The summed E-state index contributed by atoms with van der Waals surface area (Å²) in [7, 11) is 0. The fourth-order valence-corrected chi connectivity index (χ4v) is 7.58. The Balaban J connectivity index is 1.49. The summed E-state index contributed by atoms with van der Waals surface area (Å²) in [6, 6.07) is 9.38. The van der Waals surface area contributed by atoms with E-state index in [1.165, 1.54) is 12.1 Å². The first-order chi connectivity index (χ1) is 20.0. The average Bonchev–Trinajstić information content (AvgIpc) is 3.33. The quantitative estimate of drug-likeness (QED) is 0.398. The van der Waals surface area contributed by atoms with Gasteiger partial charge in [-0.1, -0.05) is 35.4 Å². The molecule has 2 aromatic rings. The molecule has 42 heavy (non-hydrogen) atoms. The van der Waals surface area contributed by atoms with E-state index in [1.54, 1.807) is 31.2 Å². The van der Waals surface area contributed by atoms with Gasteiger partial charge < -0.3 is 15.6 Å². The van der Waals surface area contributed by atoms with Crippen LogP contribution >= 0.6 is 11.6 Å². The highest BCUT2D eigenvalue weighted by molar-refractivity contribution is 6.31. The van der Waals surface area contributed by atoms with Gasteiger partial charge in [0.25, 0.3) is 0 Å². The summed E-state index contributed by atoms with van der Waals surface area (Å²) < 4.78 is 19.5. The van der Waals surface area contributed by atoms with Crippen molar-refractivity contribution in [2.75, 3.05) is 18.1 Å². The number of aliphatic hydroxyl groups excluding tert-OH is 1. The number of rotatable bonds is 5. The Morgan fingerprint density at radius 1 is 1.10 bits per heavy atom. The number of likely N-dealkylation sites (tertiary alicyclic amines) is 1. The standard InChI is InChI=1S/C30H27ClFN3O7/c1-30-20(26(38)34(28(30)40)15-4-9-22(32)21(31)12-15)13-19-17(24(30)14-2-5-16(6-3-14)42-11-10-36)7-8-18-23(19)27(39)35(25(18)37)29(33)41/h2-7,9,12,18-20,23-24,36H,8,10-11,13H2,1H3,(H2,33,41)/t18-,19+,20-,23-,24-,30+/m0/s1. The number of nitrogens with zero attached hydrogens (tertiary/aromatic N) is 2. The number of halogens is 2. The maximum absolute atomic E-state index is 14.3. The number of imide groups is 4. The van der Waals surface area contributed by atoms with Crippen LogP contribution in [0.25, 0.3) is 0 Å². The molecular weight excluding hydrogens is 569 g/mol. The van der Waals surface area contributed by atoms with Gasteiger partial charge in [-0.05, 0) is 61.6 Å². The number of allylic oxidation sites excluding steroid dienone is 2. The number of urea groups is 1. The second kappa shape index (κ2) is 10.0. The molecule has 3 fully saturated rings. The van der Waals surface area contributed by atoms with E-state index in [9.17, 15) is 28.4 Å². The van der Waals surface area contributed by atoms with Crippen LogP contribution in [-0.2, 0) is 19.2 Å². The van der Waals surface area contributed by atoms with E-state index in [4.69, 9.17) is 27.2 Å². The first-order valence-electron chi connectivity index (χ1n) is 13.5. The van der Waals surface area contributed by atoms with Gasteiger partial charge in [0.1, 0.15) is 18.2 Å². The number of hydrogen-bond donors (Lipinski definition) is 2. The number of anilines is 1. The number of carbonyl (C=O) groups excluding carboxylic acids is 5. The molecule has 2 heterocycles. The fraction of sp³-hybridized carbons (Fsp3) is 0.367. The number of amides is 6. The highest BCUT2D eigenvalue weighted by Crippen LogP contribution is 2.63. The third kappa shape index (κ3) is 3.90. The minimum absolute atomic E-state index is 0.0827. The number of fused-ring (bicyclic) bond motifs is 4. The maximum atomic E-state index is 14.3. The van der Waals surface area contributed by atoms with E-state index in [0.717, 1.165) is 16.5 Å². The molecular formula is C30H27ClFN3O7. The molecule has 6 rings (SSSR count). The first kappa shape index (κ1) is 28.0. The molecule has 2 aromatic carbocycles. The molecule has 0 unspecified atom stereocenters. The zero-order valence-electron chi connectivity index (χ0n) is 22.5. The van der Waals surface area contributed by atoms with E-state index >= 15 is 0 Å². The van der Waals surface area contributed by atoms with Crippen molar-refractivity contribution < 1.29 is 38.2 Å². The van der Waals surface area contributed by atoms with Crippen molar-refractivity contribution in [1.82, 2.24) is 4.90 Å². The van der Waals surface area contributed by atoms with E-state index in [-0.39, 0.29) is 36.8 Å². The number of ether oxygens (including phenoxy) is 1. The first-order valence-corrected chi connectivity index (χ1v) is 13.9. The number of aliphatic hydroxyl groups is 1. The molecule has 3 N–H and O–H groups in total. The maximum Gasteiger partial charge on any atom is 0.328 e. The van der Waals surface area contributed by atoms with Crippen LogP contribution in [-0.4, -0.2) is 52.9 Å². The predicted octanol–water partition coefficient (Wildman–Crippen LogP) is 3.16. The molecule has 2 aliphatic heterocycles. The lowest BCUT2D eigenvalue weighted by molar-refractivity contribution is -0.136. The van der Waals surface area contributed by atoms with Crippen LogP contribution in [0.15, 0.2) is 54.1 Å². The Bertz CT molecular complexity index is 1580. The van der Waals surface area contributed by atoms with Crippen molar-refractivity contribution in [3.05, 3.63) is 70.5 Å². The van der Waals surface area contributed by atoms with Gasteiger partial charge in [-0.3, -0.25) is 19.2 Å². The Hall–Kier alpha value is -4.09. The lowest BCUT2D eigenvalue weighted by atomic mass is 9.51. The van der Waals surface area contributed by atoms with Gasteiger partial charge in [-0.2, -0.15) is 4.90 Å². The lowest BCUT2D eigenvalue weighted by Gasteiger charge is -2.49. The molecule has 218 valence electrons. The summed E-state index contributed by atoms with van der Waals surface area (Å²) in [5.74, 6) is -6.54. The molecule has 2 saturated heterocycles. The zero-order chi connectivity index (χ0) is 30.1. The number of carbonyl (C=O) groups is 5. The molecule has 0 aromatic heterocycles. The van der Waals surface area contributed by atoms with Crippen molar-refractivity contribution in [2.45, 2.75) is 25.7 Å². The third-order valence-corrected chi connectivity index (χ3v) is 9.52. The largest absolute Gasteiger partial charge is 0.491 e. The van der Waals surface area contributed by atoms with Crippen LogP contribution < -0.4 is 15.4 Å². The van der Waals surface area contributed by atoms with Gasteiger partial charge in [0, 0.05) is 5.92 Å². The van der Waals surface area contributed by atoms with Gasteiger partial charge >= 0.3 is 6.03 Å². The molecule has 6 amide bonds. The Kier molecular flexibility index (Phi) is 6.69. The van der Waals surface area contributed by atoms with Gasteiger partial charge in [-0.15, -0.1) is 0 Å². The molecule has 4 aliphatic rings. The predicted molar refractivity (Wildman–Crippen MR) is 146 cm³/mol. The van der Waals surface area contributed by atoms with E-state index in [0.29, 0.717) is 16.2 Å². The minimum Gasteiger partial charge on any atom is -0.491 e. The fourth-order valence-electron chi connectivity index (χ4n) is 7.40. The van der Waals surface area contributed by atoms with E-state index < -0.39 is 70.5 Å². The molecule has 2 aliphatic carbocycles. The van der Waals surface area contributed by atoms with Crippen LogP contribution in [0.1, 0.15) is 31.2 Å². The Labute approximate surface area is 244 Å². The van der Waals surface area contributed by atoms with Crippen molar-refractivity contribution in [3.8, 4) is 5.75 Å². The zero-order valence-corrected chi connectivity index (χ0v) is 23.2. The highest BCUT2D eigenvalue weighted by Gasteiger charge is 2.67. The number of nitrogens with two attached hydrogens (primary N) is 1. The summed E-state index contributed by atoms with van der Waals surface area (Å²) in [5, 5.41) is 8.86. The van der Waals surface area contributed by atoms with Crippen LogP contribution in [0.4, 0.5) is 14.9 Å². The van der Waals surface area contributed by atoms with Crippen LogP contribution in [0.2, 0.25) is 5.02 Å². The summed E-state index contributed by atoms with van der Waals surface area (Å²) in [4.78, 5) is 68.3. The molecule has 12 heteroatoms. The van der Waals surface area contributed by atoms with Crippen molar-refractivity contribution in [3.63, 3.8) is 0 Å². The number of primary amides is 1. The molecule has 1 saturated carbocycles. The highest BCUT2D eigenvalue weighted by atomic mass is 35.5. The number of hydrogen-bond acceptors (Lipinski definition) is 7. The van der Waals surface area contributed by atoms with Crippen molar-refractivity contribution in [2.24, 2.45) is 34.8 Å². The monoisotopic (exact) mass is 595 g/mol. The van der Waals surface area contributed by atoms with Crippen molar-refractivity contribution in [1.29, 1.82) is 0 Å². The SMILES string of the molecule is C[C@@]12C(=O)N(c3ccc(F)c(Cl)c3)C(=O)[C@@H]1C[C@@H]1C(=CC[C@@H]3C(=O)N(C(N)=O)C(=O)[C@@H]31)[C@@H]2c1ccc(OCCO)cc1. The van der Waals surface area contributed by atoms with Gasteiger partial charge in [0.15, 0.2) is 0 Å². The summed E-state index contributed by atoms with van der Waals surface area (Å²) in [6.07, 6.45) is 2.09. The Morgan fingerprint density at radius 2 is 1.81 bits per heavy atom. The second-order valence-electron chi connectivity index (χ2n) is 11.3. The van der Waals surface area contributed by atoms with Gasteiger partial charge in [0.2, 0.25) is 23.6 Å². The van der Waals surface area contributed by atoms with Crippen LogP contribution in [0.5, 0.6) is 5.75 Å². The average molecular weight is 596 g/mol. The van der Waals surface area contributed by atoms with Crippen molar-refractivity contribution >= 4 is 46.9 Å². The molecule has 10 nitrogen and oxygen atoms in total. The van der Waals surface area contributed by atoms with E-state index in [1.807, 2.05) is 6.08 Å². The molecule has 0 radical (unpaired) electrons. The third-order valence-electron chi connectivity index (χ3n) is 9.23. The second-order valence-corrected chi connectivity index (χ2v) is 11.7. The minimum atomic E-state index is -1.31. The lowest BCUT2D eigenvalue weighted by Crippen LogP contribution is -2.49. The molecule has 6 atom stereocenters. The van der Waals surface area contributed by atoms with E-state index in [2.05, 4.69) is 0 Å². The summed E-state index contributed by atoms with van der Waals surface area (Å²) >= 11 is 6.01. The summed E-state index contributed by atoms with van der Waals surface area (Å²) in [5.41, 5.74) is 5.60. The van der Waals surface area contributed by atoms with Crippen LogP contribution in [0, 0.1) is 34.9 Å². The number of benzene rings is 2. The topological polar surface area (TPSA) is 147 Å². The Morgan fingerprint density at radius 3 is 2.45 bits per heavy atom. The molecule has 0 bridgehead atoms.